The van der Waals surface area contributed by atoms with Crippen LogP contribution in [0.25, 0.3) is 0 Å². The number of terminal acetylenes is 1. The number of aryl methyl sites for hydroxylation is 1. The number of carbonyl (C=O) groups excluding carboxylic acids is 1. The van der Waals surface area contributed by atoms with Crippen molar-refractivity contribution in [1.29, 1.82) is 0 Å². The molecule has 0 aromatic carbocycles. The minimum atomic E-state index is -1.30. The van der Waals surface area contributed by atoms with Crippen LogP contribution in [0.2, 0.25) is 0 Å². The van der Waals surface area contributed by atoms with Crippen molar-refractivity contribution in [1.82, 2.24) is 9.55 Å². The van der Waals surface area contributed by atoms with Gasteiger partial charge in [0.2, 0.25) is 0 Å². The van der Waals surface area contributed by atoms with Gasteiger partial charge < -0.3 is 15.2 Å². The molecule has 140 valence electrons. The van der Waals surface area contributed by atoms with Gasteiger partial charge in [-0.2, -0.15) is 11.8 Å². The Bertz CT molecular complexity index is 853. The summed E-state index contributed by atoms with van der Waals surface area (Å²) in [7, 11) is 0. The van der Waals surface area contributed by atoms with Crippen LogP contribution in [-0.2, 0) is 14.3 Å². The number of carbonyl (C=O) groups is 1. The number of H-pyrrole nitrogens is 1. The van der Waals surface area contributed by atoms with Gasteiger partial charge in [-0.3, -0.25) is 19.1 Å². The van der Waals surface area contributed by atoms with Gasteiger partial charge in [0.15, 0.2) is 11.8 Å². The van der Waals surface area contributed by atoms with Crippen molar-refractivity contribution >= 4 is 17.7 Å². The first-order valence-corrected chi connectivity index (χ1v) is 9.29. The van der Waals surface area contributed by atoms with Crippen molar-refractivity contribution in [3.63, 3.8) is 0 Å². The molecule has 0 radical (unpaired) electrons. The molecule has 26 heavy (non-hydrogen) atoms. The average Bonchev–Trinajstić information content (AvgIpc) is 3.05. The summed E-state index contributed by atoms with van der Waals surface area (Å²) in [5.74, 6) is 2.62. The molecule has 2 rings (SSSR count). The van der Waals surface area contributed by atoms with Gasteiger partial charge >= 0.3 is 11.7 Å². The molecule has 0 amide bonds. The van der Waals surface area contributed by atoms with Crippen molar-refractivity contribution in [2.24, 2.45) is 5.73 Å². The lowest BCUT2D eigenvalue weighted by atomic mass is 10.1. The summed E-state index contributed by atoms with van der Waals surface area (Å²) in [5.41, 5.74) is 3.72. The van der Waals surface area contributed by atoms with E-state index in [1.54, 1.807) is 30.8 Å². The molecule has 9 heteroatoms. The summed E-state index contributed by atoms with van der Waals surface area (Å²) in [4.78, 5) is 37.6. The molecule has 2 heterocycles. The number of rotatable bonds is 7. The van der Waals surface area contributed by atoms with Crippen LogP contribution in [0, 0.1) is 19.3 Å². The average molecular weight is 379 g/mol. The van der Waals surface area contributed by atoms with Gasteiger partial charge in [-0.15, -0.1) is 6.42 Å². The number of nitrogens with one attached hydrogen (secondary N) is 1. The normalized spacial score (nSPS) is 22.8. The molecule has 1 aliphatic rings. The first kappa shape index (κ1) is 20.0. The van der Waals surface area contributed by atoms with E-state index >= 15 is 0 Å². The van der Waals surface area contributed by atoms with Crippen LogP contribution in [0.5, 0.6) is 0 Å². The van der Waals surface area contributed by atoms with Crippen LogP contribution in [0.4, 0.5) is 0 Å². The van der Waals surface area contributed by atoms with E-state index in [0.717, 1.165) is 5.75 Å². The van der Waals surface area contributed by atoms with Crippen LogP contribution >= 0.6 is 11.8 Å². The Kier molecular flexibility index (Phi) is 6.47. The minimum absolute atomic E-state index is 0.223. The van der Waals surface area contributed by atoms with Gasteiger partial charge in [0.25, 0.3) is 5.56 Å². The number of nitrogens with zero attached hydrogens (tertiary/aromatic N) is 1. The second kappa shape index (κ2) is 8.40. The number of hydrogen-bond donors (Lipinski definition) is 2. The number of nitrogens with two attached hydrogens (primary N) is 1. The Morgan fingerprint density at radius 1 is 1.62 bits per heavy atom. The second-order valence-corrected chi connectivity index (χ2v) is 6.86. The van der Waals surface area contributed by atoms with E-state index in [0.29, 0.717) is 12.0 Å². The van der Waals surface area contributed by atoms with Gasteiger partial charge in [-0.05, 0) is 37.5 Å². The number of esters is 1. The maximum absolute atomic E-state index is 12.0. The lowest BCUT2D eigenvalue weighted by molar-refractivity contribution is -0.152. The summed E-state index contributed by atoms with van der Waals surface area (Å²) in [5, 5.41) is 0. The predicted molar refractivity (Wildman–Crippen MR) is 98.8 cm³/mol. The van der Waals surface area contributed by atoms with Gasteiger partial charge in [0, 0.05) is 11.8 Å². The summed E-state index contributed by atoms with van der Waals surface area (Å²) >= 11 is 1.58. The fourth-order valence-corrected chi connectivity index (χ4v) is 2.80. The van der Waals surface area contributed by atoms with Crippen LogP contribution < -0.4 is 17.0 Å². The van der Waals surface area contributed by atoms with E-state index in [9.17, 15) is 14.4 Å². The fourth-order valence-electron chi connectivity index (χ4n) is 2.31. The first-order valence-electron chi connectivity index (χ1n) is 7.90. The number of aromatic amines is 1. The zero-order valence-corrected chi connectivity index (χ0v) is 15.4. The fraction of sp³-hybridized carbons (Fsp3) is 0.471. The molecule has 0 aliphatic carbocycles. The number of ether oxygens (including phenoxy) is 2. The third kappa shape index (κ3) is 4.46. The molecule has 0 saturated carbocycles. The highest BCUT2D eigenvalue weighted by Crippen LogP contribution is 2.29. The SMILES string of the molecule is C#C[C@@]1(COC(=O)[C@@H](N)CCSC)C=C[C@H](n2cc(C)c(=O)[nH]c2=O)O1. The molecular weight excluding hydrogens is 358 g/mol. The zero-order chi connectivity index (χ0) is 19.3. The molecule has 1 aromatic rings. The third-order valence-corrected chi connectivity index (χ3v) is 4.53. The van der Waals surface area contributed by atoms with Gasteiger partial charge in [0.05, 0.1) is 0 Å². The van der Waals surface area contributed by atoms with Crippen molar-refractivity contribution in [3.05, 3.63) is 44.8 Å². The van der Waals surface area contributed by atoms with E-state index in [-0.39, 0.29) is 6.61 Å². The van der Waals surface area contributed by atoms with Gasteiger partial charge in [0.1, 0.15) is 12.6 Å². The third-order valence-electron chi connectivity index (χ3n) is 3.89. The molecular formula is C17H21N3O5S. The van der Waals surface area contributed by atoms with Crippen LogP contribution in [0.1, 0.15) is 18.2 Å². The lowest BCUT2D eigenvalue weighted by Gasteiger charge is -2.24. The lowest BCUT2D eigenvalue weighted by Crippen LogP contribution is -2.40. The molecule has 0 bridgehead atoms. The molecule has 8 nitrogen and oxygen atoms in total. The summed E-state index contributed by atoms with van der Waals surface area (Å²) < 4.78 is 12.1. The van der Waals surface area contributed by atoms with E-state index in [2.05, 4.69) is 10.9 Å². The molecule has 3 N–H and O–H groups in total. The van der Waals surface area contributed by atoms with E-state index in [1.807, 2.05) is 6.26 Å². The topological polar surface area (TPSA) is 116 Å². The first-order chi connectivity index (χ1) is 12.3. The Labute approximate surface area is 154 Å². The van der Waals surface area contributed by atoms with E-state index < -0.39 is 35.1 Å². The number of hydrogen-bond acceptors (Lipinski definition) is 7. The molecule has 0 unspecified atom stereocenters. The Morgan fingerprint density at radius 3 is 3.00 bits per heavy atom. The van der Waals surface area contributed by atoms with Crippen molar-refractivity contribution in [2.45, 2.75) is 31.2 Å². The molecule has 0 saturated heterocycles. The maximum Gasteiger partial charge on any atom is 0.330 e. The quantitative estimate of drug-likeness (QED) is 0.387. The Hall–Kier alpha value is -2.28. The van der Waals surface area contributed by atoms with Crippen LogP contribution in [0.3, 0.4) is 0 Å². The molecule has 0 spiro atoms. The monoisotopic (exact) mass is 379 g/mol. The second-order valence-electron chi connectivity index (χ2n) is 5.88. The standard InChI is InChI=1S/C17H21N3O5S/c1-4-17(10-24-15(22)12(18)6-8-26-3)7-5-13(25-17)20-9-11(2)14(21)19-16(20)23/h1,5,7,9,12-13H,6,8,10,18H2,2-3H3,(H,19,21,23)/t12-,13+,17-/m0/s1. The highest BCUT2D eigenvalue weighted by Gasteiger charge is 2.37. The highest BCUT2D eigenvalue weighted by atomic mass is 32.2. The molecule has 3 atom stereocenters. The summed E-state index contributed by atoms with van der Waals surface area (Å²) in [6.07, 6.45) is 11.6. The van der Waals surface area contributed by atoms with Gasteiger partial charge in [-0.25, -0.2) is 4.79 Å². The zero-order valence-electron chi connectivity index (χ0n) is 14.6. The molecule has 1 aliphatic heterocycles. The number of aromatic nitrogens is 2. The van der Waals surface area contributed by atoms with E-state index in [4.69, 9.17) is 21.6 Å². The highest BCUT2D eigenvalue weighted by molar-refractivity contribution is 7.98. The van der Waals surface area contributed by atoms with Crippen LogP contribution in [-0.4, -0.2) is 45.8 Å². The van der Waals surface area contributed by atoms with Crippen molar-refractivity contribution in [2.75, 3.05) is 18.6 Å². The predicted octanol–water partition coefficient (Wildman–Crippen LogP) is -0.0744. The Balaban J connectivity index is 2.07. The van der Waals surface area contributed by atoms with Crippen molar-refractivity contribution in [3.8, 4) is 12.3 Å². The summed E-state index contributed by atoms with van der Waals surface area (Å²) in [6, 6.07) is -0.733. The van der Waals surface area contributed by atoms with Crippen molar-refractivity contribution < 1.29 is 14.3 Å². The van der Waals surface area contributed by atoms with E-state index in [1.165, 1.54) is 10.8 Å². The van der Waals surface area contributed by atoms with Gasteiger partial charge in [-0.1, -0.05) is 5.92 Å². The van der Waals surface area contributed by atoms with Crippen LogP contribution in [0.15, 0.2) is 27.9 Å². The maximum atomic E-state index is 12.0. The molecule has 1 aromatic heterocycles. The largest absolute Gasteiger partial charge is 0.460 e. The number of thioether (sulfide) groups is 1. The summed E-state index contributed by atoms with van der Waals surface area (Å²) in [6.45, 7) is 1.35. The minimum Gasteiger partial charge on any atom is -0.460 e. The Morgan fingerprint density at radius 2 is 2.35 bits per heavy atom. The molecule has 0 fully saturated rings. The smallest absolute Gasteiger partial charge is 0.330 e.